The first-order valence-corrected chi connectivity index (χ1v) is 9.23. The Balaban J connectivity index is 2.90. The van der Waals surface area contributed by atoms with Gasteiger partial charge >= 0.3 is 0 Å². The van der Waals surface area contributed by atoms with Crippen molar-refractivity contribution in [3.05, 3.63) is 24.3 Å². The van der Waals surface area contributed by atoms with Gasteiger partial charge in [0.15, 0.2) is 0 Å². The molecule has 0 bridgehead atoms. The predicted molar refractivity (Wildman–Crippen MR) is 83.4 cm³/mol. The third-order valence-electron chi connectivity index (χ3n) is 2.67. The predicted octanol–water partition coefficient (Wildman–Crippen LogP) is 2.54. The van der Waals surface area contributed by atoms with Crippen LogP contribution in [0.1, 0.15) is 20.3 Å². The van der Waals surface area contributed by atoms with Crippen LogP contribution in [0.5, 0.6) is 0 Å². The molecule has 0 aliphatic heterocycles. The lowest BCUT2D eigenvalue weighted by Crippen LogP contribution is -2.25. The monoisotopic (exact) mass is 302 g/mol. The Hall–Kier alpha value is -0.720. The van der Waals surface area contributed by atoms with Crippen LogP contribution in [0.2, 0.25) is 0 Å². The van der Waals surface area contributed by atoms with E-state index in [1.54, 1.807) is 36.9 Å². The minimum Gasteiger partial charge on any atom is -0.381 e. The highest BCUT2D eigenvalue weighted by molar-refractivity contribution is 7.98. The zero-order valence-electron chi connectivity index (χ0n) is 11.6. The number of para-hydroxylation sites is 1. The highest BCUT2D eigenvalue weighted by atomic mass is 32.2. The first-order valence-electron chi connectivity index (χ1n) is 6.35. The molecule has 2 N–H and O–H groups in total. The molecule has 0 saturated heterocycles. The Labute approximate surface area is 120 Å². The number of benzene rings is 1. The van der Waals surface area contributed by atoms with Crippen molar-refractivity contribution in [3.8, 4) is 0 Å². The van der Waals surface area contributed by atoms with E-state index in [1.165, 1.54) is 0 Å². The summed E-state index contributed by atoms with van der Waals surface area (Å²) in [6.45, 7) is 4.22. The summed E-state index contributed by atoms with van der Waals surface area (Å²) in [5, 5.41) is 3.28. The van der Waals surface area contributed by atoms with E-state index < -0.39 is 10.0 Å². The van der Waals surface area contributed by atoms with Crippen LogP contribution in [-0.4, -0.2) is 33.0 Å². The van der Waals surface area contributed by atoms with Gasteiger partial charge in [-0.15, -0.1) is 0 Å². The molecule has 0 spiro atoms. The van der Waals surface area contributed by atoms with Gasteiger partial charge in [0, 0.05) is 12.6 Å². The maximum absolute atomic E-state index is 12.1. The average molecular weight is 302 g/mol. The van der Waals surface area contributed by atoms with Crippen LogP contribution in [0.4, 0.5) is 5.69 Å². The first kappa shape index (κ1) is 16.3. The lowest BCUT2D eigenvalue weighted by molar-refractivity contribution is 0.584. The summed E-state index contributed by atoms with van der Waals surface area (Å²) in [6.07, 6.45) is 3.06. The molecule has 0 saturated carbocycles. The van der Waals surface area contributed by atoms with Gasteiger partial charge < -0.3 is 5.32 Å². The molecule has 0 fully saturated rings. The molecule has 1 unspecified atom stereocenters. The van der Waals surface area contributed by atoms with Gasteiger partial charge in [-0.3, -0.25) is 0 Å². The first-order chi connectivity index (χ1) is 9.01. The van der Waals surface area contributed by atoms with Crippen LogP contribution in [0.25, 0.3) is 0 Å². The van der Waals surface area contributed by atoms with Crippen LogP contribution in [0.15, 0.2) is 29.2 Å². The van der Waals surface area contributed by atoms with E-state index in [0.717, 1.165) is 12.2 Å². The van der Waals surface area contributed by atoms with E-state index in [4.69, 9.17) is 0 Å². The van der Waals surface area contributed by atoms with Gasteiger partial charge in [0.1, 0.15) is 4.90 Å². The van der Waals surface area contributed by atoms with Crippen molar-refractivity contribution in [2.24, 2.45) is 0 Å². The second-order valence-electron chi connectivity index (χ2n) is 4.32. The zero-order valence-corrected chi connectivity index (χ0v) is 13.3. The van der Waals surface area contributed by atoms with Crippen molar-refractivity contribution in [3.63, 3.8) is 0 Å². The summed E-state index contributed by atoms with van der Waals surface area (Å²) in [5.41, 5.74) is 0.664. The summed E-state index contributed by atoms with van der Waals surface area (Å²) < 4.78 is 26.7. The second-order valence-corrected chi connectivity index (χ2v) is 7.05. The minimum atomic E-state index is -3.42. The number of hydrogen-bond acceptors (Lipinski definition) is 4. The highest BCUT2D eigenvalue weighted by Crippen LogP contribution is 2.22. The molecule has 0 radical (unpaired) electrons. The smallest absolute Gasteiger partial charge is 0.242 e. The van der Waals surface area contributed by atoms with Gasteiger partial charge in [-0.25, -0.2) is 13.1 Å². The fourth-order valence-electron chi connectivity index (χ4n) is 1.72. The fourth-order valence-corrected chi connectivity index (χ4v) is 3.52. The number of rotatable bonds is 8. The second kappa shape index (κ2) is 7.77. The quantitative estimate of drug-likeness (QED) is 0.775. The Morgan fingerprint density at radius 1 is 1.32 bits per heavy atom. The molecule has 1 aromatic rings. The van der Waals surface area contributed by atoms with Gasteiger partial charge in [0.2, 0.25) is 10.0 Å². The van der Waals surface area contributed by atoms with Crippen LogP contribution in [-0.2, 0) is 10.0 Å². The lowest BCUT2D eigenvalue weighted by atomic mass is 10.2. The molecule has 1 rings (SSSR count). The van der Waals surface area contributed by atoms with Crippen LogP contribution >= 0.6 is 11.8 Å². The standard InChI is InChI=1S/C13H22N2O2S2/c1-4-14-19(16,17)13-8-6-5-7-12(13)15-11(2)9-10-18-3/h5-8,11,14-15H,4,9-10H2,1-3H3. The molecule has 108 valence electrons. The van der Waals surface area contributed by atoms with E-state index in [0.29, 0.717) is 17.1 Å². The van der Waals surface area contributed by atoms with Gasteiger partial charge in [-0.05, 0) is 37.5 Å². The Morgan fingerprint density at radius 2 is 2.00 bits per heavy atom. The van der Waals surface area contributed by atoms with Crippen molar-refractivity contribution in [2.45, 2.75) is 31.2 Å². The van der Waals surface area contributed by atoms with Crippen molar-refractivity contribution < 1.29 is 8.42 Å². The molecule has 0 heterocycles. The number of sulfonamides is 1. The molecule has 0 aliphatic rings. The van der Waals surface area contributed by atoms with Crippen LogP contribution in [0.3, 0.4) is 0 Å². The largest absolute Gasteiger partial charge is 0.381 e. The van der Waals surface area contributed by atoms with Crippen LogP contribution < -0.4 is 10.0 Å². The van der Waals surface area contributed by atoms with Gasteiger partial charge in [-0.1, -0.05) is 19.1 Å². The Kier molecular flexibility index (Phi) is 6.68. The Bertz CT molecular complexity index is 489. The van der Waals surface area contributed by atoms with E-state index in [1.807, 2.05) is 6.07 Å². The number of thioether (sulfide) groups is 1. The normalized spacial score (nSPS) is 13.2. The molecule has 6 heteroatoms. The van der Waals surface area contributed by atoms with Crippen LogP contribution in [0, 0.1) is 0 Å². The number of nitrogens with one attached hydrogen (secondary N) is 2. The number of hydrogen-bond donors (Lipinski definition) is 2. The SMILES string of the molecule is CCNS(=O)(=O)c1ccccc1NC(C)CCSC. The molecule has 1 atom stereocenters. The van der Waals surface area contributed by atoms with E-state index in [2.05, 4.69) is 23.2 Å². The van der Waals surface area contributed by atoms with E-state index >= 15 is 0 Å². The van der Waals surface area contributed by atoms with Crippen molar-refractivity contribution >= 4 is 27.5 Å². The molecule has 0 aromatic heterocycles. The summed E-state index contributed by atoms with van der Waals surface area (Å²) in [7, 11) is -3.42. The molecular weight excluding hydrogens is 280 g/mol. The summed E-state index contributed by atoms with van der Waals surface area (Å²) in [6, 6.07) is 7.25. The average Bonchev–Trinajstić information content (AvgIpc) is 2.36. The van der Waals surface area contributed by atoms with E-state index in [-0.39, 0.29) is 6.04 Å². The van der Waals surface area contributed by atoms with Gasteiger partial charge in [0.05, 0.1) is 5.69 Å². The Morgan fingerprint density at radius 3 is 2.63 bits per heavy atom. The number of anilines is 1. The van der Waals surface area contributed by atoms with Gasteiger partial charge in [0.25, 0.3) is 0 Å². The van der Waals surface area contributed by atoms with Gasteiger partial charge in [-0.2, -0.15) is 11.8 Å². The molecule has 0 amide bonds. The topological polar surface area (TPSA) is 58.2 Å². The third-order valence-corrected chi connectivity index (χ3v) is 4.92. The van der Waals surface area contributed by atoms with Crippen molar-refractivity contribution in [2.75, 3.05) is 23.9 Å². The molecule has 0 aliphatic carbocycles. The lowest BCUT2D eigenvalue weighted by Gasteiger charge is -2.17. The zero-order chi connectivity index (χ0) is 14.3. The molecule has 4 nitrogen and oxygen atoms in total. The molecule has 1 aromatic carbocycles. The van der Waals surface area contributed by atoms with Crippen molar-refractivity contribution in [1.82, 2.24) is 4.72 Å². The molecule has 19 heavy (non-hydrogen) atoms. The van der Waals surface area contributed by atoms with Crippen molar-refractivity contribution in [1.29, 1.82) is 0 Å². The summed E-state index contributed by atoms with van der Waals surface area (Å²) in [4.78, 5) is 0.313. The molecular formula is C13H22N2O2S2. The maximum Gasteiger partial charge on any atom is 0.242 e. The highest BCUT2D eigenvalue weighted by Gasteiger charge is 2.17. The maximum atomic E-state index is 12.1. The summed E-state index contributed by atoms with van der Waals surface area (Å²) >= 11 is 1.79. The van der Waals surface area contributed by atoms with E-state index in [9.17, 15) is 8.42 Å². The fraction of sp³-hybridized carbons (Fsp3) is 0.538. The summed E-state index contributed by atoms with van der Waals surface area (Å²) in [5.74, 6) is 1.05. The third kappa shape index (κ3) is 5.04. The minimum absolute atomic E-state index is 0.241.